The Morgan fingerprint density at radius 2 is 2.29 bits per heavy atom. The van der Waals surface area contributed by atoms with Gasteiger partial charge in [0.05, 0.1) is 0 Å². The zero-order chi connectivity index (χ0) is 12.3. The summed E-state index contributed by atoms with van der Waals surface area (Å²) in [6, 6.07) is 5.09. The van der Waals surface area contributed by atoms with Gasteiger partial charge in [-0.1, -0.05) is 13.0 Å². The lowest BCUT2D eigenvalue weighted by atomic mass is 10.1. The van der Waals surface area contributed by atoms with Crippen molar-refractivity contribution in [1.29, 1.82) is 0 Å². The van der Waals surface area contributed by atoms with E-state index in [-0.39, 0.29) is 6.04 Å². The van der Waals surface area contributed by atoms with E-state index in [2.05, 4.69) is 29.8 Å². The highest BCUT2D eigenvalue weighted by molar-refractivity contribution is 5.49. The van der Waals surface area contributed by atoms with Crippen molar-refractivity contribution < 1.29 is 0 Å². The van der Waals surface area contributed by atoms with Gasteiger partial charge in [0, 0.05) is 24.8 Å². The molecule has 17 heavy (non-hydrogen) atoms. The second-order valence-corrected chi connectivity index (χ2v) is 5.09. The van der Waals surface area contributed by atoms with E-state index in [0.29, 0.717) is 0 Å². The molecule has 0 amide bonds. The van der Waals surface area contributed by atoms with Crippen molar-refractivity contribution >= 4 is 5.82 Å². The zero-order valence-corrected chi connectivity index (χ0v) is 10.9. The van der Waals surface area contributed by atoms with Crippen LogP contribution in [0.25, 0.3) is 0 Å². The molecule has 0 aromatic carbocycles. The molecule has 3 heteroatoms. The summed E-state index contributed by atoms with van der Waals surface area (Å²) in [6.45, 7) is 5.38. The van der Waals surface area contributed by atoms with E-state index in [1.165, 1.54) is 24.8 Å². The largest absolute Gasteiger partial charge is 0.353 e. The first kappa shape index (κ1) is 12.4. The van der Waals surface area contributed by atoms with Crippen LogP contribution in [0.4, 0.5) is 5.82 Å². The fourth-order valence-electron chi connectivity index (χ4n) is 2.28. The van der Waals surface area contributed by atoms with Gasteiger partial charge in [-0.05, 0) is 44.2 Å². The average Bonchev–Trinajstić information content (AvgIpc) is 3.10. The number of hydrogen-bond donors (Lipinski definition) is 1. The molecule has 2 N–H and O–H groups in total. The molecule has 1 aliphatic carbocycles. The van der Waals surface area contributed by atoms with Crippen LogP contribution in [0.5, 0.6) is 0 Å². The fourth-order valence-corrected chi connectivity index (χ4v) is 2.28. The SMILES string of the molecule is CCCN(c1ncccc1CC(C)N)C1CC1. The third-order valence-corrected chi connectivity index (χ3v) is 3.13. The molecule has 0 radical (unpaired) electrons. The summed E-state index contributed by atoms with van der Waals surface area (Å²) >= 11 is 0. The molecule has 0 spiro atoms. The van der Waals surface area contributed by atoms with E-state index in [0.717, 1.165) is 24.8 Å². The minimum absolute atomic E-state index is 0.195. The van der Waals surface area contributed by atoms with Crippen LogP contribution in [0.1, 0.15) is 38.7 Å². The number of aromatic nitrogens is 1. The van der Waals surface area contributed by atoms with E-state index in [4.69, 9.17) is 5.73 Å². The maximum absolute atomic E-state index is 5.91. The Morgan fingerprint density at radius 3 is 2.88 bits per heavy atom. The van der Waals surface area contributed by atoms with Crippen molar-refractivity contribution in [2.45, 2.75) is 51.6 Å². The molecule has 1 saturated carbocycles. The summed E-state index contributed by atoms with van der Waals surface area (Å²) in [6.07, 6.45) is 6.61. The molecule has 0 saturated heterocycles. The van der Waals surface area contributed by atoms with E-state index < -0.39 is 0 Å². The molecular formula is C14H23N3. The minimum Gasteiger partial charge on any atom is -0.353 e. The second-order valence-electron chi connectivity index (χ2n) is 5.09. The van der Waals surface area contributed by atoms with Gasteiger partial charge in [0.25, 0.3) is 0 Å². The highest BCUT2D eigenvalue weighted by Crippen LogP contribution is 2.32. The van der Waals surface area contributed by atoms with Crippen molar-refractivity contribution in [2.75, 3.05) is 11.4 Å². The third-order valence-electron chi connectivity index (χ3n) is 3.13. The van der Waals surface area contributed by atoms with Gasteiger partial charge in [-0.2, -0.15) is 0 Å². The van der Waals surface area contributed by atoms with Crippen molar-refractivity contribution in [2.24, 2.45) is 5.73 Å². The molecule has 1 heterocycles. The second kappa shape index (κ2) is 5.50. The Kier molecular flexibility index (Phi) is 4.00. The summed E-state index contributed by atoms with van der Waals surface area (Å²) in [4.78, 5) is 7.05. The smallest absolute Gasteiger partial charge is 0.132 e. The topological polar surface area (TPSA) is 42.2 Å². The van der Waals surface area contributed by atoms with Crippen LogP contribution < -0.4 is 10.6 Å². The van der Waals surface area contributed by atoms with E-state index in [1.54, 1.807) is 0 Å². The Morgan fingerprint density at radius 1 is 1.53 bits per heavy atom. The van der Waals surface area contributed by atoms with Crippen LogP contribution in [-0.2, 0) is 6.42 Å². The van der Waals surface area contributed by atoms with Gasteiger partial charge in [0.1, 0.15) is 5.82 Å². The molecule has 1 aliphatic rings. The van der Waals surface area contributed by atoms with Gasteiger partial charge in [0.15, 0.2) is 0 Å². The van der Waals surface area contributed by atoms with Crippen LogP contribution in [0, 0.1) is 0 Å². The first-order valence-corrected chi connectivity index (χ1v) is 6.68. The molecule has 94 valence electrons. The van der Waals surface area contributed by atoms with E-state index in [1.807, 2.05) is 12.3 Å². The van der Waals surface area contributed by atoms with E-state index in [9.17, 15) is 0 Å². The highest BCUT2D eigenvalue weighted by atomic mass is 15.2. The average molecular weight is 233 g/mol. The zero-order valence-electron chi connectivity index (χ0n) is 10.9. The minimum atomic E-state index is 0.195. The number of rotatable bonds is 6. The summed E-state index contributed by atoms with van der Waals surface area (Å²) < 4.78 is 0. The van der Waals surface area contributed by atoms with Gasteiger partial charge in [-0.15, -0.1) is 0 Å². The quantitative estimate of drug-likeness (QED) is 0.820. The van der Waals surface area contributed by atoms with Gasteiger partial charge < -0.3 is 10.6 Å². The third kappa shape index (κ3) is 3.19. The van der Waals surface area contributed by atoms with Crippen LogP contribution in [0.2, 0.25) is 0 Å². The summed E-state index contributed by atoms with van der Waals surface area (Å²) in [7, 11) is 0. The van der Waals surface area contributed by atoms with Crippen molar-refractivity contribution in [3.63, 3.8) is 0 Å². The van der Waals surface area contributed by atoms with Crippen molar-refractivity contribution in [1.82, 2.24) is 4.98 Å². The molecule has 1 unspecified atom stereocenters. The number of hydrogen-bond acceptors (Lipinski definition) is 3. The molecule has 1 aromatic rings. The summed E-state index contributed by atoms with van der Waals surface area (Å²) in [5.74, 6) is 1.16. The van der Waals surface area contributed by atoms with Gasteiger partial charge in [0.2, 0.25) is 0 Å². The number of nitrogens with two attached hydrogens (primary N) is 1. The van der Waals surface area contributed by atoms with Gasteiger partial charge in [-0.3, -0.25) is 0 Å². The lowest BCUT2D eigenvalue weighted by Crippen LogP contribution is -2.29. The lowest BCUT2D eigenvalue weighted by Gasteiger charge is -2.25. The lowest BCUT2D eigenvalue weighted by molar-refractivity contribution is 0.710. The van der Waals surface area contributed by atoms with Crippen LogP contribution in [0.15, 0.2) is 18.3 Å². The number of anilines is 1. The standard InChI is InChI=1S/C14H23N3/c1-3-9-17(13-6-7-13)14-12(10-11(2)15)5-4-8-16-14/h4-5,8,11,13H,3,6-7,9-10,15H2,1-2H3. The molecule has 1 aromatic heterocycles. The first-order valence-electron chi connectivity index (χ1n) is 6.68. The maximum Gasteiger partial charge on any atom is 0.132 e. The Balaban J connectivity index is 2.21. The highest BCUT2D eigenvalue weighted by Gasteiger charge is 2.30. The van der Waals surface area contributed by atoms with Crippen molar-refractivity contribution in [3.05, 3.63) is 23.9 Å². The summed E-state index contributed by atoms with van der Waals surface area (Å²) in [5.41, 5.74) is 7.21. The molecule has 0 aliphatic heterocycles. The fraction of sp³-hybridized carbons (Fsp3) is 0.643. The number of pyridine rings is 1. The normalized spacial score (nSPS) is 16.9. The molecular weight excluding hydrogens is 210 g/mol. The molecule has 0 bridgehead atoms. The van der Waals surface area contributed by atoms with Crippen LogP contribution in [-0.4, -0.2) is 23.6 Å². The Bertz CT molecular complexity index is 358. The van der Waals surface area contributed by atoms with E-state index >= 15 is 0 Å². The van der Waals surface area contributed by atoms with Crippen LogP contribution >= 0.6 is 0 Å². The predicted molar refractivity (Wildman–Crippen MR) is 72.2 cm³/mol. The number of nitrogens with zero attached hydrogens (tertiary/aromatic N) is 2. The summed E-state index contributed by atoms with van der Waals surface area (Å²) in [5, 5.41) is 0. The maximum atomic E-state index is 5.91. The Labute approximate surface area is 104 Å². The predicted octanol–water partition coefficient (Wildman–Crippen LogP) is 2.35. The monoisotopic (exact) mass is 233 g/mol. The van der Waals surface area contributed by atoms with Crippen molar-refractivity contribution in [3.8, 4) is 0 Å². The Hall–Kier alpha value is -1.09. The van der Waals surface area contributed by atoms with Crippen LogP contribution in [0.3, 0.4) is 0 Å². The molecule has 1 atom stereocenters. The van der Waals surface area contributed by atoms with Gasteiger partial charge >= 0.3 is 0 Å². The molecule has 2 rings (SSSR count). The molecule has 1 fully saturated rings. The molecule has 3 nitrogen and oxygen atoms in total. The first-order chi connectivity index (χ1) is 8.22. The van der Waals surface area contributed by atoms with Gasteiger partial charge in [-0.25, -0.2) is 4.98 Å².